The maximum absolute atomic E-state index is 5.97. The van der Waals surface area contributed by atoms with Crippen molar-refractivity contribution in [3.63, 3.8) is 0 Å². The number of benzene rings is 1. The second-order valence-corrected chi connectivity index (χ2v) is 6.20. The highest BCUT2D eigenvalue weighted by Gasteiger charge is 2.37. The van der Waals surface area contributed by atoms with Gasteiger partial charge in [0.15, 0.2) is 0 Å². The molecule has 0 aliphatic heterocycles. The first-order valence-corrected chi connectivity index (χ1v) is 8.01. The lowest BCUT2D eigenvalue weighted by atomic mass is 9.79. The van der Waals surface area contributed by atoms with Crippen molar-refractivity contribution in [2.24, 2.45) is 11.8 Å². The normalized spacial score (nSPS) is 22.3. The standard InChI is InChI=1S/C17H26N2O/c1-2-20-17(13-9-10-13)16(19-18)15-8-4-7-14(11-15)12-5-3-6-12/h4,7-8,11-13,16-17,19H,2-3,5-6,9-10,18H2,1H3. The lowest BCUT2D eigenvalue weighted by Crippen LogP contribution is -2.39. The van der Waals surface area contributed by atoms with Gasteiger partial charge in [-0.25, -0.2) is 0 Å². The third kappa shape index (κ3) is 2.90. The van der Waals surface area contributed by atoms with E-state index in [1.165, 1.54) is 43.2 Å². The molecule has 0 saturated heterocycles. The Morgan fingerprint density at radius 2 is 2.10 bits per heavy atom. The average molecular weight is 274 g/mol. The van der Waals surface area contributed by atoms with Crippen LogP contribution in [-0.4, -0.2) is 12.7 Å². The number of rotatable bonds is 7. The predicted molar refractivity (Wildman–Crippen MR) is 81.2 cm³/mol. The summed E-state index contributed by atoms with van der Waals surface area (Å²) in [6.45, 7) is 2.81. The minimum absolute atomic E-state index is 0.113. The Morgan fingerprint density at radius 1 is 1.30 bits per heavy atom. The fourth-order valence-corrected chi connectivity index (χ4v) is 3.25. The quantitative estimate of drug-likeness (QED) is 0.592. The fourth-order valence-electron chi connectivity index (χ4n) is 3.25. The van der Waals surface area contributed by atoms with Crippen LogP contribution < -0.4 is 11.3 Å². The second kappa shape index (κ2) is 6.25. The van der Waals surface area contributed by atoms with Gasteiger partial charge in [-0.1, -0.05) is 30.7 Å². The van der Waals surface area contributed by atoms with Crippen molar-refractivity contribution in [2.75, 3.05) is 6.61 Å². The van der Waals surface area contributed by atoms with Crippen molar-refractivity contribution >= 4 is 0 Å². The average Bonchev–Trinajstić information content (AvgIpc) is 3.21. The summed E-state index contributed by atoms with van der Waals surface area (Å²) in [5, 5.41) is 0. The maximum atomic E-state index is 5.97. The third-order valence-electron chi connectivity index (χ3n) is 4.80. The van der Waals surface area contributed by atoms with Gasteiger partial charge in [0, 0.05) is 6.61 Å². The summed E-state index contributed by atoms with van der Waals surface area (Å²) in [4.78, 5) is 0. The first-order chi connectivity index (χ1) is 9.83. The zero-order valence-electron chi connectivity index (χ0n) is 12.3. The van der Waals surface area contributed by atoms with Gasteiger partial charge in [0.2, 0.25) is 0 Å². The topological polar surface area (TPSA) is 47.3 Å². The van der Waals surface area contributed by atoms with E-state index < -0.39 is 0 Å². The van der Waals surface area contributed by atoms with E-state index in [0.29, 0.717) is 5.92 Å². The second-order valence-electron chi connectivity index (χ2n) is 6.20. The summed E-state index contributed by atoms with van der Waals surface area (Å²) in [7, 11) is 0. The Balaban J connectivity index is 1.80. The molecule has 110 valence electrons. The predicted octanol–water partition coefficient (Wildman–Crippen LogP) is 3.27. The molecule has 3 nitrogen and oxygen atoms in total. The Kier molecular flexibility index (Phi) is 4.39. The number of nitrogens with one attached hydrogen (secondary N) is 1. The van der Waals surface area contributed by atoms with Crippen molar-refractivity contribution in [3.8, 4) is 0 Å². The highest BCUT2D eigenvalue weighted by molar-refractivity contribution is 5.30. The Labute approximate surface area is 121 Å². The van der Waals surface area contributed by atoms with Gasteiger partial charge in [0.25, 0.3) is 0 Å². The molecule has 1 aromatic rings. The molecule has 20 heavy (non-hydrogen) atoms. The van der Waals surface area contributed by atoms with Crippen LogP contribution in [0.4, 0.5) is 0 Å². The Bertz CT molecular complexity index is 440. The molecule has 2 aliphatic rings. The molecule has 0 spiro atoms. The highest BCUT2D eigenvalue weighted by atomic mass is 16.5. The van der Waals surface area contributed by atoms with Gasteiger partial charge in [-0.2, -0.15) is 0 Å². The lowest BCUT2D eigenvalue weighted by Gasteiger charge is -2.29. The number of hydrogen-bond acceptors (Lipinski definition) is 3. The van der Waals surface area contributed by atoms with E-state index in [2.05, 4.69) is 36.6 Å². The zero-order valence-corrected chi connectivity index (χ0v) is 12.3. The van der Waals surface area contributed by atoms with E-state index in [0.717, 1.165) is 12.5 Å². The van der Waals surface area contributed by atoms with Gasteiger partial charge < -0.3 is 4.74 Å². The molecule has 3 heteroatoms. The molecule has 0 heterocycles. The minimum Gasteiger partial charge on any atom is -0.376 e. The van der Waals surface area contributed by atoms with Crippen LogP contribution in [0.25, 0.3) is 0 Å². The number of hydrogen-bond donors (Lipinski definition) is 2. The minimum atomic E-state index is 0.113. The van der Waals surface area contributed by atoms with Gasteiger partial charge in [-0.15, -0.1) is 0 Å². The molecular formula is C17H26N2O. The molecule has 2 unspecified atom stereocenters. The van der Waals surface area contributed by atoms with E-state index >= 15 is 0 Å². The first-order valence-electron chi connectivity index (χ1n) is 8.01. The SMILES string of the molecule is CCOC(C1CC1)C(NN)c1cccc(C2CCC2)c1. The smallest absolute Gasteiger partial charge is 0.0810 e. The number of ether oxygens (including phenoxy) is 1. The molecule has 0 amide bonds. The van der Waals surface area contributed by atoms with Gasteiger partial charge >= 0.3 is 0 Å². The summed E-state index contributed by atoms with van der Waals surface area (Å²) in [5.74, 6) is 7.28. The number of nitrogens with two attached hydrogens (primary N) is 1. The molecule has 2 saturated carbocycles. The molecular weight excluding hydrogens is 248 g/mol. The maximum Gasteiger partial charge on any atom is 0.0810 e. The molecule has 2 aliphatic carbocycles. The highest BCUT2D eigenvalue weighted by Crippen LogP contribution is 2.41. The molecule has 0 radical (unpaired) electrons. The largest absolute Gasteiger partial charge is 0.376 e. The van der Waals surface area contributed by atoms with Crippen LogP contribution in [0.15, 0.2) is 24.3 Å². The van der Waals surface area contributed by atoms with Crippen LogP contribution in [0.2, 0.25) is 0 Å². The van der Waals surface area contributed by atoms with Crippen molar-refractivity contribution in [3.05, 3.63) is 35.4 Å². The first kappa shape index (κ1) is 14.1. The van der Waals surface area contributed by atoms with Crippen LogP contribution in [0.1, 0.15) is 62.1 Å². The fraction of sp³-hybridized carbons (Fsp3) is 0.647. The van der Waals surface area contributed by atoms with Gasteiger partial charge in [-0.3, -0.25) is 11.3 Å². The van der Waals surface area contributed by atoms with E-state index in [4.69, 9.17) is 10.6 Å². The summed E-state index contributed by atoms with van der Waals surface area (Å²) in [6, 6.07) is 9.06. The van der Waals surface area contributed by atoms with Crippen molar-refractivity contribution in [2.45, 2.75) is 57.1 Å². The Morgan fingerprint density at radius 3 is 2.65 bits per heavy atom. The molecule has 3 N–H and O–H groups in total. The van der Waals surface area contributed by atoms with Crippen LogP contribution in [0.3, 0.4) is 0 Å². The van der Waals surface area contributed by atoms with Crippen molar-refractivity contribution in [1.29, 1.82) is 0 Å². The monoisotopic (exact) mass is 274 g/mol. The van der Waals surface area contributed by atoms with Crippen molar-refractivity contribution < 1.29 is 4.74 Å². The molecule has 2 atom stereocenters. The molecule has 2 fully saturated rings. The van der Waals surface area contributed by atoms with Crippen LogP contribution in [-0.2, 0) is 4.74 Å². The summed E-state index contributed by atoms with van der Waals surface area (Å²) in [5.41, 5.74) is 5.75. The van der Waals surface area contributed by atoms with Crippen LogP contribution in [0, 0.1) is 5.92 Å². The summed E-state index contributed by atoms with van der Waals surface area (Å²) in [6.07, 6.45) is 6.79. The molecule has 1 aromatic carbocycles. The van der Waals surface area contributed by atoms with E-state index in [1.807, 2.05) is 0 Å². The van der Waals surface area contributed by atoms with E-state index in [9.17, 15) is 0 Å². The van der Waals surface area contributed by atoms with Crippen LogP contribution in [0.5, 0.6) is 0 Å². The summed E-state index contributed by atoms with van der Waals surface area (Å²) >= 11 is 0. The van der Waals surface area contributed by atoms with Gasteiger partial charge in [0.05, 0.1) is 12.1 Å². The van der Waals surface area contributed by atoms with E-state index in [1.54, 1.807) is 0 Å². The van der Waals surface area contributed by atoms with Gasteiger partial charge in [-0.05, 0) is 55.6 Å². The lowest BCUT2D eigenvalue weighted by molar-refractivity contribution is 0.0185. The van der Waals surface area contributed by atoms with Gasteiger partial charge in [0.1, 0.15) is 0 Å². The zero-order chi connectivity index (χ0) is 13.9. The number of hydrazine groups is 1. The van der Waals surface area contributed by atoms with Crippen molar-refractivity contribution in [1.82, 2.24) is 5.43 Å². The summed E-state index contributed by atoms with van der Waals surface area (Å²) < 4.78 is 5.97. The molecule has 0 aromatic heterocycles. The van der Waals surface area contributed by atoms with Crippen LogP contribution >= 0.6 is 0 Å². The molecule has 0 bridgehead atoms. The Hall–Kier alpha value is -0.900. The molecule has 3 rings (SSSR count). The van der Waals surface area contributed by atoms with E-state index in [-0.39, 0.29) is 12.1 Å². The third-order valence-corrected chi connectivity index (χ3v) is 4.80.